The molecule has 0 heterocycles. The van der Waals surface area contributed by atoms with Gasteiger partial charge in [-0.25, -0.2) is 0 Å². The van der Waals surface area contributed by atoms with Gasteiger partial charge in [-0.3, -0.25) is 9.59 Å². The Labute approximate surface area is 118 Å². The second-order valence-electron chi connectivity index (χ2n) is 2.36. The monoisotopic (exact) mass is 454 g/mol. The molecule has 0 fully saturated rings. The van der Waals surface area contributed by atoms with Crippen LogP contribution < -0.4 is 0 Å². The van der Waals surface area contributed by atoms with Gasteiger partial charge in [-0.15, -0.1) is 0 Å². The number of carbonyl (C=O) groups is 2. The minimum Gasteiger partial charge on any atom is -0.276 e. The SMILES string of the molecule is O=C(Cl)c1cc(C(=O)Cl)c(I)cc1I. The van der Waals surface area contributed by atoms with Gasteiger partial charge in [0.1, 0.15) is 0 Å². The summed E-state index contributed by atoms with van der Waals surface area (Å²) in [4.78, 5) is 21.9. The van der Waals surface area contributed by atoms with E-state index in [1.54, 1.807) is 6.07 Å². The van der Waals surface area contributed by atoms with Crippen LogP contribution in [-0.2, 0) is 0 Å². The van der Waals surface area contributed by atoms with Crippen molar-refractivity contribution in [2.75, 3.05) is 0 Å². The number of benzene rings is 1. The lowest BCUT2D eigenvalue weighted by molar-refractivity contribution is 0.107. The third-order valence-corrected chi connectivity index (χ3v) is 3.67. The number of carbonyl (C=O) groups excluding carboxylic acids is 2. The van der Waals surface area contributed by atoms with Crippen LogP contribution in [0.2, 0.25) is 0 Å². The maximum Gasteiger partial charge on any atom is 0.253 e. The van der Waals surface area contributed by atoms with Crippen molar-refractivity contribution in [3.05, 3.63) is 30.4 Å². The molecule has 0 amide bonds. The van der Waals surface area contributed by atoms with Gasteiger partial charge < -0.3 is 0 Å². The highest BCUT2D eigenvalue weighted by Gasteiger charge is 2.14. The molecular formula is C8H2Cl2I2O2. The standard InChI is InChI=1S/C8H2Cl2I2O2/c9-7(13)3-1-4(8(10)14)6(12)2-5(3)11/h1-2H. The fourth-order valence-corrected chi connectivity index (χ4v) is 3.50. The van der Waals surface area contributed by atoms with E-state index in [9.17, 15) is 9.59 Å². The molecule has 14 heavy (non-hydrogen) atoms. The lowest BCUT2D eigenvalue weighted by Gasteiger charge is -2.03. The van der Waals surface area contributed by atoms with Crippen LogP contribution in [0.5, 0.6) is 0 Å². The fourth-order valence-electron chi connectivity index (χ4n) is 0.850. The summed E-state index contributed by atoms with van der Waals surface area (Å²) in [6.07, 6.45) is 0. The molecule has 0 aliphatic carbocycles. The lowest BCUT2D eigenvalue weighted by Crippen LogP contribution is -2.01. The van der Waals surface area contributed by atoms with E-state index in [0.29, 0.717) is 18.3 Å². The molecule has 2 nitrogen and oxygen atoms in total. The molecule has 74 valence electrons. The Morgan fingerprint density at radius 3 is 1.57 bits per heavy atom. The second kappa shape index (κ2) is 5.09. The Morgan fingerprint density at radius 2 is 1.29 bits per heavy atom. The summed E-state index contributed by atoms with van der Waals surface area (Å²) in [5, 5.41) is -1.19. The van der Waals surface area contributed by atoms with Gasteiger partial charge in [-0.1, -0.05) is 0 Å². The molecule has 0 saturated heterocycles. The Kier molecular flexibility index (Phi) is 4.60. The summed E-state index contributed by atoms with van der Waals surface area (Å²) >= 11 is 14.6. The van der Waals surface area contributed by atoms with Crippen molar-refractivity contribution in [3.63, 3.8) is 0 Å². The van der Waals surface area contributed by atoms with Crippen molar-refractivity contribution in [1.82, 2.24) is 0 Å². The van der Waals surface area contributed by atoms with E-state index < -0.39 is 10.5 Å². The quantitative estimate of drug-likeness (QED) is 0.505. The first-order valence-corrected chi connectivity index (χ1v) is 6.23. The van der Waals surface area contributed by atoms with Crippen LogP contribution in [-0.4, -0.2) is 10.5 Å². The molecule has 0 N–H and O–H groups in total. The zero-order chi connectivity index (χ0) is 10.9. The maximum absolute atomic E-state index is 11.0. The number of hydrogen-bond donors (Lipinski definition) is 0. The first kappa shape index (κ1) is 12.7. The van der Waals surface area contributed by atoms with Gasteiger partial charge in [0, 0.05) is 18.3 Å². The molecule has 0 aliphatic heterocycles. The zero-order valence-corrected chi connectivity index (χ0v) is 12.3. The van der Waals surface area contributed by atoms with Crippen molar-refractivity contribution < 1.29 is 9.59 Å². The van der Waals surface area contributed by atoms with Crippen LogP contribution in [0.4, 0.5) is 0 Å². The molecule has 0 radical (unpaired) electrons. The lowest BCUT2D eigenvalue weighted by atomic mass is 10.1. The van der Waals surface area contributed by atoms with Gasteiger partial charge >= 0.3 is 0 Å². The predicted molar refractivity (Wildman–Crippen MR) is 72.2 cm³/mol. The summed E-state index contributed by atoms with van der Waals surface area (Å²) in [5.41, 5.74) is 0.605. The Bertz CT molecular complexity index is 383. The summed E-state index contributed by atoms with van der Waals surface area (Å²) in [6, 6.07) is 3.10. The van der Waals surface area contributed by atoms with Gasteiger partial charge in [-0.05, 0) is 80.5 Å². The molecule has 6 heteroatoms. The molecule has 0 aromatic heterocycles. The first-order chi connectivity index (χ1) is 6.43. The van der Waals surface area contributed by atoms with Crippen molar-refractivity contribution in [2.45, 2.75) is 0 Å². The van der Waals surface area contributed by atoms with E-state index >= 15 is 0 Å². The van der Waals surface area contributed by atoms with Gasteiger partial charge in [0.2, 0.25) is 0 Å². The van der Waals surface area contributed by atoms with Crippen LogP contribution in [0.1, 0.15) is 20.7 Å². The average molecular weight is 455 g/mol. The molecular weight excluding hydrogens is 453 g/mol. The molecule has 0 spiro atoms. The fraction of sp³-hybridized carbons (Fsp3) is 0. The van der Waals surface area contributed by atoms with Gasteiger partial charge in [0.15, 0.2) is 0 Å². The van der Waals surface area contributed by atoms with Crippen molar-refractivity contribution in [3.8, 4) is 0 Å². The molecule has 0 atom stereocenters. The molecule has 1 aromatic rings. The Balaban J connectivity index is 3.42. The normalized spacial score (nSPS) is 10.0. The number of rotatable bonds is 2. The van der Waals surface area contributed by atoms with E-state index in [4.69, 9.17) is 23.2 Å². The summed E-state index contributed by atoms with van der Waals surface area (Å²) in [7, 11) is 0. The van der Waals surface area contributed by atoms with E-state index in [1.165, 1.54) is 6.07 Å². The Hall–Kier alpha value is 0.600. The highest BCUT2D eigenvalue weighted by atomic mass is 127. The van der Waals surface area contributed by atoms with E-state index in [1.807, 2.05) is 45.2 Å². The average Bonchev–Trinajstić information content (AvgIpc) is 2.02. The predicted octanol–water partition coefficient (Wildman–Crippen LogP) is 3.65. The van der Waals surface area contributed by atoms with Crippen LogP contribution in [0.25, 0.3) is 0 Å². The highest BCUT2D eigenvalue weighted by Crippen LogP contribution is 2.23. The molecule has 0 bridgehead atoms. The smallest absolute Gasteiger partial charge is 0.253 e. The van der Waals surface area contributed by atoms with Crippen molar-refractivity contribution in [1.29, 1.82) is 0 Å². The van der Waals surface area contributed by atoms with Crippen LogP contribution in [0.15, 0.2) is 12.1 Å². The van der Waals surface area contributed by atoms with E-state index in [-0.39, 0.29) is 0 Å². The second-order valence-corrected chi connectivity index (χ2v) is 5.37. The minimum absolute atomic E-state index is 0.302. The zero-order valence-electron chi connectivity index (χ0n) is 6.48. The third-order valence-electron chi connectivity index (χ3n) is 1.48. The van der Waals surface area contributed by atoms with Crippen LogP contribution in [0, 0.1) is 7.14 Å². The number of halogens is 4. The largest absolute Gasteiger partial charge is 0.276 e. The topological polar surface area (TPSA) is 34.1 Å². The molecule has 1 rings (SSSR count). The first-order valence-electron chi connectivity index (χ1n) is 3.32. The van der Waals surface area contributed by atoms with E-state index in [0.717, 1.165) is 0 Å². The van der Waals surface area contributed by atoms with E-state index in [2.05, 4.69) is 0 Å². The minimum atomic E-state index is -0.593. The third kappa shape index (κ3) is 2.80. The number of hydrogen-bond acceptors (Lipinski definition) is 2. The van der Waals surface area contributed by atoms with Crippen LogP contribution >= 0.6 is 68.4 Å². The van der Waals surface area contributed by atoms with Gasteiger partial charge in [0.25, 0.3) is 10.5 Å². The summed E-state index contributed by atoms with van der Waals surface area (Å²) < 4.78 is 1.40. The van der Waals surface area contributed by atoms with Crippen LogP contribution in [0.3, 0.4) is 0 Å². The van der Waals surface area contributed by atoms with Crippen molar-refractivity contribution in [2.24, 2.45) is 0 Å². The van der Waals surface area contributed by atoms with Crippen molar-refractivity contribution >= 4 is 78.9 Å². The highest BCUT2D eigenvalue weighted by molar-refractivity contribution is 14.1. The molecule has 0 unspecified atom stereocenters. The van der Waals surface area contributed by atoms with Gasteiger partial charge in [0.05, 0.1) is 0 Å². The maximum atomic E-state index is 11.0. The molecule has 0 saturated carbocycles. The summed E-state index contributed by atoms with van der Waals surface area (Å²) in [6.45, 7) is 0. The summed E-state index contributed by atoms with van der Waals surface area (Å²) in [5.74, 6) is 0. The molecule has 1 aromatic carbocycles. The Morgan fingerprint density at radius 1 is 0.929 bits per heavy atom. The molecule has 0 aliphatic rings. The van der Waals surface area contributed by atoms with Gasteiger partial charge in [-0.2, -0.15) is 0 Å².